The summed E-state index contributed by atoms with van der Waals surface area (Å²) in [7, 11) is -1.89. The van der Waals surface area contributed by atoms with Crippen molar-refractivity contribution in [1.82, 2.24) is 14.9 Å². The first-order chi connectivity index (χ1) is 6.96. The minimum atomic E-state index is -3.24. The first kappa shape index (κ1) is 14.2. The molecule has 0 unspecified atom stereocenters. The van der Waals surface area contributed by atoms with Gasteiger partial charge in [0, 0.05) is 19.6 Å². The van der Waals surface area contributed by atoms with E-state index in [1.54, 1.807) is 4.90 Å². The molecule has 0 aliphatic carbocycles. The van der Waals surface area contributed by atoms with Crippen LogP contribution >= 0.6 is 0 Å². The molecule has 0 aliphatic rings. The van der Waals surface area contributed by atoms with E-state index in [2.05, 4.69) is 10.0 Å². The molecule has 0 aromatic rings. The Morgan fingerprint density at radius 2 is 1.80 bits per heavy atom. The monoisotopic (exact) mass is 237 g/mol. The molecule has 15 heavy (non-hydrogen) atoms. The third-order valence-corrected chi connectivity index (χ3v) is 3.37. The first-order valence-electron chi connectivity index (χ1n) is 4.90. The van der Waals surface area contributed by atoms with E-state index in [-0.39, 0.29) is 18.3 Å². The van der Waals surface area contributed by atoms with Gasteiger partial charge in [-0.25, -0.2) is 17.9 Å². The zero-order valence-corrected chi connectivity index (χ0v) is 10.2. The number of nitrogens with one attached hydrogen (secondary N) is 2. The lowest BCUT2D eigenvalue weighted by molar-refractivity contribution is 0.204. The van der Waals surface area contributed by atoms with Gasteiger partial charge >= 0.3 is 6.03 Å². The van der Waals surface area contributed by atoms with Crippen LogP contribution in [-0.2, 0) is 10.0 Å². The van der Waals surface area contributed by atoms with Gasteiger partial charge in [0.15, 0.2) is 0 Å². The van der Waals surface area contributed by atoms with E-state index in [1.807, 2.05) is 13.8 Å². The Kier molecular flexibility index (Phi) is 6.26. The van der Waals surface area contributed by atoms with E-state index in [9.17, 15) is 13.2 Å². The number of urea groups is 1. The van der Waals surface area contributed by atoms with Crippen molar-refractivity contribution < 1.29 is 13.2 Å². The van der Waals surface area contributed by atoms with E-state index >= 15 is 0 Å². The molecule has 2 N–H and O–H groups in total. The second-order valence-electron chi connectivity index (χ2n) is 2.93. The van der Waals surface area contributed by atoms with Gasteiger partial charge < -0.3 is 10.2 Å². The van der Waals surface area contributed by atoms with Crippen molar-refractivity contribution in [3.05, 3.63) is 0 Å². The van der Waals surface area contributed by atoms with Crippen molar-refractivity contribution in [2.24, 2.45) is 0 Å². The molecule has 90 valence electrons. The summed E-state index contributed by atoms with van der Waals surface area (Å²) >= 11 is 0. The first-order valence-corrected chi connectivity index (χ1v) is 6.56. The summed E-state index contributed by atoms with van der Waals surface area (Å²) in [4.78, 5) is 13.0. The highest BCUT2D eigenvalue weighted by atomic mass is 32.2. The highest BCUT2D eigenvalue weighted by Gasteiger charge is 2.10. The van der Waals surface area contributed by atoms with Crippen LogP contribution in [0.2, 0.25) is 0 Å². The zero-order chi connectivity index (χ0) is 11.9. The topological polar surface area (TPSA) is 78.5 Å². The van der Waals surface area contributed by atoms with Gasteiger partial charge in [-0.2, -0.15) is 0 Å². The van der Waals surface area contributed by atoms with Gasteiger partial charge in [0.05, 0.1) is 5.75 Å². The van der Waals surface area contributed by atoms with Crippen LogP contribution in [0.5, 0.6) is 0 Å². The molecule has 0 radical (unpaired) electrons. The van der Waals surface area contributed by atoms with Gasteiger partial charge in [-0.1, -0.05) is 0 Å². The molecule has 0 heterocycles. The number of nitrogens with zero attached hydrogens (tertiary/aromatic N) is 1. The van der Waals surface area contributed by atoms with E-state index in [0.717, 1.165) is 0 Å². The normalized spacial score (nSPS) is 11.1. The van der Waals surface area contributed by atoms with Crippen LogP contribution in [0, 0.1) is 0 Å². The van der Waals surface area contributed by atoms with Gasteiger partial charge in [-0.05, 0) is 20.9 Å². The molecule has 0 aromatic heterocycles. The number of sulfonamides is 1. The molecule has 7 heteroatoms. The number of carbonyl (C=O) groups is 1. The summed E-state index contributed by atoms with van der Waals surface area (Å²) in [6.45, 7) is 5.08. The number of hydrogen-bond donors (Lipinski definition) is 2. The predicted octanol–water partition coefficient (Wildman–Crippen LogP) is -0.413. The third-order valence-electron chi connectivity index (χ3n) is 2.01. The molecule has 0 bridgehead atoms. The minimum Gasteiger partial charge on any atom is -0.337 e. The van der Waals surface area contributed by atoms with Crippen molar-refractivity contribution in [2.75, 3.05) is 32.4 Å². The molecule has 2 amide bonds. The second-order valence-corrected chi connectivity index (χ2v) is 4.97. The third kappa shape index (κ3) is 5.58. The SMILES string of the molecule is CCN(CC)C(=O)NCCS(=O)(=O)NC. The van der Waals surface area contributed by atoms with Crippen molar-refractivity contribution in [3.63, 3.8) is 0 Å². The molecular weight excluding hydrogens is 218 g/mol. The Balaban J connectivity index is 3.92. The van der Waals surface area contributed by atoms with Crippen molar-refractivity contribution in [2.45, 2.75) is 13.8 Å². The maximum Gasteiger partial charge on any atom is 0.317 e. The molecule has 0 saturated heterocycles. The van der Waals surface area contributed by atoms with Gasteiger partial charge in [0.1, 0.15) is 0 Å². The van der Waals surface area contributed by atoms with Gasteiger partial charge in [-0.15, -0.1) is 0 Å². The molecule has 0 atom stereocenters. The van der Waals surface area contributed by atoms with E-state index in [0.29, 0.717) is 13.1 Å². The molecule has 0 fully saturated rings. The Bertz CT molecular complexity index is 286. The Labute approximate surface area is 91.1 Å². The van der Waals surface area contributed by atoms with Crippen LogP contribution in [0.4, 0.5) is 4.79 Å². The van der Waals surface area contributed by atoms with Gasteiger partial charge in [0.25, 0.3) is 0 Å². The van der Waals surface area contributed by atoms with E-state index < -0.39 is 10.0 Å². The van der Waals surface area contributed by atoms with E-state index in [4.69, 9.17) is 0 Å². The lowest BCUT2D eigenvalue weighted by Crippen LogP contribution is -2.42. The highest BCUT2D eigenvalue weighted by molar-refractivity contribution is 7.89. The van der Waals surface area contributed by atoms with Crippen LogP contribution < -0.4 is 10.0 Å². The maximum atomic E-state index is 11.4. The van der Waals surface area contributed by atoms with Crippen LogP contribution in [0.15, 0.2) is 0 Å². The fraction of sp³-hybridized carbons (Fsp3) is 0.875. The maximum absolute atomic E-state index is 11.4. The zero-order valence-electron chi connectivity index (χ0n) is 9.41. The molecule has 0 aromatic carbocycles. The summed E-state index contributed by atoms with van der Waals surface area (Å²) in [5, 5.41) is 2.54. The summed E-state index contributed by atoms with van der Waals surface area (Å²) in [5.41, 5.74) is 0. The summed E-state index contributed by atoms with van der Waals surface area (Å²) in [5.74, 6) is -0.101. The molecule has 6 nitrogen and oxygen atoms in total. The van der Waals surface area contributed by atoms with Crippen LogP contribution in [0.1, 0.15) is 13.8 Å². The fourth-order valence-corrected chi connectivity index (χ4v) is 1.59. The van der Waals surface area contributed by atoms with Crippen LogP contribution in [-0.4, -0.2) is 51.8 Å². The quantitative estimate of drug-likeness (QED) is 0.659. The largest absolute Gasteiger partial charge is 0.337 e. The average molecular weight is 237 g/mol. The lowest BCUT2D eigenvalue weighted by Gasteiger charge is -2.18. The second kappa shape index (κ2) is 6.62. The Hall–Kier alpha value is -0.820. The van der Waals surface area contributed by atoms with Crippen molar-refractivity contribution in [1.29, 1.82) is 0 Å². The summed E-state index contributed by atoms with van der Waals surface area (Å²) in [6.07, 6.45) is 0. The summed E-state index contributed by atoms with van der Waals surface area (Å²) < 4.78 is 24.2. The van der Waals surface area contributed by atoms with E-state index in [1.165, 1.54) is 7.05 Å². The van der Waals surface area contributed by atoms with Gasteiger partial charge in [-0.3, -0.25) is 0 Å². The minimum absolute atomic E-state index is 0.101. The molecule has 0 saturated carbocycles. The number of carbonyl (C=O) groups excluding carboxylic acids is 1. The molecular formula is C8H19N3O3S. The standard InChI is InChI=1S/C8H19N3O3S/c1-4-11(5-2)8(12)10-6-7-15(13,14)9-3/h9H,4-7H2,1-3H3,(H,10,12). The number of hydrogen-bond acceptors (Lipinski definition) is 3. The molecule has 0 spiro atoms. The lowest BCUT2D eigenvalue weighted by atomic mass is 10.5. The molecule has 0 aliphatic heterocycles. The van der Waals surface area contributed by atoms with Crippen LogP contribution in [0.3, 0.4) is 0 Å². The highest BCUT2D eigenvalue weighted by Crippen LogP contribution is 1.88. The van der Waals surface area contributed by atoms with Crippen molar-refractivity contribution in [3.8, 4) is 0 Å². The molecule has 0 rings (SSSR count). The van der Waals surface area contributed by atoms with Crippen LogP contribution in [0.25, 0.3) is 0 Å². The van der Waals surface area contributed by atoms with Crippen molar-refractivity contribution >= 4 is 16.1 Å². The summed E-state index contributed by atoms with van der Waals surface area (Å²) in [6, 6.07) is -0.230. The number of amides is 2. The Morgan fingerprint density at radius 3 is 2.20 bits per heavy atom. The number of rotatable bonds is 6. The Morgan fingerprint density at radius 1 is 1.27 bits per heavy atom. The predicted molar refractivity (Wildman–Crippen MR) is 59.2 cm³/mol. The van der Waals surface area contributed by atoms with Gasteiger partial charge in [0.2, 0.25) is 10.0 Å². The average Bonchev–Trinajstić information content (AvgIpc) is 2.19. The fourth-order valence-electron chi connectivity index (χ4n) is 1.02. The smallest absolute Gasteiger partial charge is 0.317 e.